The van der Waals surface area contributed by atoms with Crippen molar-refractivity contribution in [3.8, 4) is 5.75 Å². The second-order valence-electron chi connectivity index (χ2n) is 7.23. The number of aliphatic imine (C=N–C) groups is 1. The van der Waals surface area contributed by atoms with E-state index in [-0.39, 0.29) is 5.91 Å². The first kappa shape index (κ1) is 24.3. The number of benzene rings is 3. The zero-order valence-electron chi connectivity index (χ0n) is 17.6. The molecular weight excluding hydrogens is 635 g/mol. The number of amides is 1. The van der Waals surface area contributed by atoms with Crippen molar-refractivity contribution in [1.82, 2.24) is 5.32 Å². The van der Waals surface area contributed by atoms with Gasteiger partial charge in [0.05, 0.1) is 18.6 Å². The van der Waals surface area contributed by atoms with Crippen molar-refractivity contribution in [2.45, 2.75) is 20.0 Å². The average Bonchev–Trinajstić information content (AvgIpc) is 3.13. The van der Waals surface area contributed by atoms with E-state index in [1.807, 2.05) is 66.7 Å². The molecule has 0 aromatic heterocycles. The Labute approximate surface area is 224 Å². The molecule has 0 saturated carbocycles. The number of nitrogens with one attached hydrogen (secondary N) is 1. The fraction of sp³-hybridized carbons (Fsp3) is 0.120. The Bertz CT molecular complexity index is 1220. The Kier molecular flexibility index (Phi) is 8.16. The summed E-state index contributed by atoms with van der Waals surface area (Å²) >= 11 is 13.1. The van der Waals surface area contributed by atoms with Gasteiger partial charge < -0.3 is 10.1 Å². The first-order valence-corrected chi connectivity index (χ1v) is 13.2. The van der Waals surface area contributed by atoms with E-state index < -0.39 is 0 Å². The van der Waals surface area contributed by atoms with Gasteiger partial charge in [-0.15, -0.1) is 0 Å². The van der Waals surface area contributed by atoms with E-state index in [1.165, 1.54) is 17.3 Å². The summed E-state index contributed by atoms with van der Waals surface area (Å²) in [5, 5.41) is 4.12. The van der Waals surface area contributed by atoms with Gasteiger partial charge in [0.15, 0.2) is 5.17 Å². The minimum atomic E-state index is -0.155. The van der Waals surface area contributed by atoms with Gasteiger partial charge >= 0.3 is 0 Å². The lowest BCUT2D eigenvalue weighted by molar-refractivity contribution is -0.115. The maximum atomic E-state index is 12.5. The highest BCUT2D eigenvalue weighted by Gasteiger charge is 2.24. The summed E-state index contributed by atoms with van der Waals surface area (Å²) in [6.45, 7) is 2.55. The van der Waals surface area contributed by atoms with E-state index in [9.17, 15) is 4.79 Å². The lowest BCUT2D eigenvalue weighted by Gasteiger charge is -2.12. The first-order valence-electron chi connectivity index (χ1n) is 10.2. The molecule has 1 heterocycles. The molecule has 4 rings (SSSR count). The smallest absolute Gasteiger partial charge is 0.264 e. The van der Waals surface area contributed by atoms with Gasteiger partial charge in [-0.1, -0.05) is 42.8 Å². The van der Waals surface area contributed by atoms with Crippen LogP contribution in [0.1, 0.15) is 23.6 Å². The van der Waals surface area contributed by atoms with Crippen LogP contribution in [0.25, 0.3) is 6.08 Å². The number of hydrogen-bond donors (Lipinski definition) is 1. The van der Waals surface area contributed by atoms with Gasteiger partial charge in [0, 0.05) is 5.02 Å². The number of ether oxygens (including phenoxy) is 1. The second-order valence-corrected chi connectivity index (χ2v) is 10.7. The summed E-state index contributed by atoms with van der Waals surface area (Å²) in [5.41, 5.74) is 4.00. The maximum absolute atomic E-state index is 12.5. The molecule has 1 aliphatic heterocycles. The molecule has 1 N–H and O–H groups in total. The third kappa shape index (κ3) is 6.41. The summed E-state index contributed by atoms with van der Waals surface area (Å²) in [5.74, 6) is 0.604. The van der Waals surface area contributed by atoms with Crippen molar-refractivity contribution < 1.29 is 9.53 Å². The molecule has 4 nitrogen and oxygen atoms in total. The fourth-order valence-corrected chi connectivity index (χ4v) is 5.83. The lowest BCUT2D eigenvalue weighted by Crippen LogP contribution is -2.19. The second kappa shape index (κ2) is 11.1. The van der Waals surface area contributed by atoms with Crippen LogP contribution in [-0.2, 0) is 17.8 Å². The van der Waals surface area contributed by atoms with E-state index in [2.05, 4.69) is 55.8 Å². The van der Waals surface area contributed by atoms with Crippen LogP contribution < -0.4 is 10.1 Å². The molecule has 0 aliphatic carbocycles. The highest BCUT2D eigenvalue weighted by Crippen LogP contribution is 2.35. The molecule has 1 amide bonds. The van der Waals surface area contributed by atoms with Crippen LogP contribution in [0.3, 0.4) is 0 Å². The number of halogens is 3. The molecular formula is C25H19BrClIN2O2S. The van der Waals surface area contributed by atoms with Crippen LogP contribution >= 0.6 is 61.9 Å². The van der Waals surface area contributed by atoms with E-state index in [4.69, 9.17) is 16.3 Å². The molecule has 0 spiro atoms. The van der Waals surface area contributed by atoms with Crippen molar-refractivity contribution >= 4 is 84.7 Å². The minimum Gasteiger partial charge on any atom is -0.487 e. The van der Waals surface area contributed by atoms with Crippen LogP contribution in [-0.4, -0.2) is 11.1 Å². The predicted octanol–water partition coefficient (Wildman–Crippen LogP) is 7.74. The molecule has 168 valence electrons. The van der Waals surface area contributed by atoms with Crippen molar-refractivity contribution in [1.29, 1.82) is 0 Å². The van der Waals surface area contributed by atoms with Crippen LogP contribution in [0.15, 0.2) is 75.0 Å². The summed E-state index contributed by atoms with van der Waals surface area (Å²) in [7, 11) is 0. The van der Waals surface area contributed by atoms with Gasteiger partial charge in [-0.3, -0.25) is 4.79 Å². The summed E-state index contributed by atoms with van der Waals surface area (Å²) in [6.07, 6.45) is 2.84. The molecule has 1 aliphatic rings. The van der Waals surface area contributed by atoms with Crippen LogP contribution in [0.2, 0.25) is 5.02 Å². The third-order valence-electron chi connectivity index (χ3n) is 4.84. The highest BCUT2D eigenvalue weighted by atomic mass is 127. The monoisotopic (exact) mass is 652 g/mol. The zero-order valence-corrected chi connectivity index (χ0v) is 22.9. The lowest BCUT2D eigenvalue weighted by atomic mass is 10.2. The number of aryl methyl sites for hydroxylation is 1. The Morgan fingerprint density at radius 3 is 2.48 bits per heavy atom. The van der Waals surface area contributed by atoms with Gasteiger partial charge in [-0.25, -0.2) is 4.99 Å². The predicted molar refractivity (Wildman–Crippen MR) is 149 cm³/mol. The number of carbonyl (C=O) groups excluding carboxylic acids is 1. The van der Waals surface area contributed by atoms with Crippen LogP contribution in [0.4, 0.5) is 5.69 Å². The van der Waals surface area contributed by atoms with Gasteiger partial charge in [-0.05, 0) is 116 Å². The molecule has 0 radical (unpaired) electrons. The summed E-state index contributed by atoms with van der Waals surface area (Å²) < 4.78 is 7.78. The molecule has 0 atom stereocenters. The molecule has 0 bridgehead atoms. The van der Waals surface area contributed by atoms with Gasteiger partial charge in [0.2, 0.25) is 0 Å². The van der Waals surface area contributed by atoms with Crippen molar-refractivity contribution in [2.75, 3.05) is 0 Å². The van der Waals surface area contributed by atoms with E-state index in [0.717, 1.165) is 37.0 Å². The maximum Gasteiger partial charge on any atom is 0.264 e. The van der Waals surface area contributed by atoms with Crippen molar-refractivity contribution in [2.24, 2.45) is 4.99 Å². The normalized spacial score (nSPS) is 15.8. The number of nitrogens with zero attached hydrogens (tertiary/aromatic N) is 1. The number of carbonyl (C=O) groups is 1. The number of rotatable bonds is 6. The third-order valence-corrected chi connectivity index (χ3v) is 7.39. The summed E-state index contributed by atoms with van der Waals surface area (Å²) in [6, 6.07) is 19.5. The molecule has 3 aromatic rings. The standard InChI is InChI=1S/C25H19BrClIN2O2S/c1-2-15-5-9-19(10-6-15)29-25-30-24(31)22(33-25)13-17-11-20(26)23(21(28)12-17)32-14-16-3-7-18(27)8-4-16/h3-13H,2,14H2,1H3,(H,29,30,31)/b22-13-. The van der Waals surface area contributed by atoms with Gasteiger partial charge in [0.1, 0.15) is 12.4 Å². The van der Waals surface area contributed by atoms with Crippen molar-refractivity contribution in [3.05, 3.63) is 95.3 Å². The number of hydrogen-bond acceptors (Lipinski definition) is 4. The number of amidine groups is 1. The van der Waals surface area contributed by atoms with Gasteiger partial charge in [-0.2, -0.15) is 0 Å². The fourth-order valence-electron chi connectivity index (χ4n) is 3.09. The minimum absolute atomic E-state index is 0.155. The first-order chi connectivity index (χ1) is 15.9. The topological polar surface area (TPSA) is 50.7 Å². The molecule has 3 aromatic carbocycles. The Hall–Kier alpha value is -1.81. The average molecular weight is 654 g/mol. The quantitative estimate of drug-likeness (QED) is 0.219. The summed E-state index contributed by atoms with van der Waals surface area (Å²) in [4.78, 5) is 17.6. The SMILES string of the molecule is CCc1ccc(N=C2NC(=O)/C(=C/c3cc(Br)c(OCc4ccc(Cl)cc4)c(I)c3)S2)cc1. The molecule has 8 heteroatoms. The van der Waals surface area contributed by atoms with Crippen LogP contribution in [0, 0.1) is 3.57 Å². The van der Waals surface area contributed by atoms with E-state index >= 15 is 0 Å². The molecule has 1 saturated heterocycles. The Morgan fingerprint density at radius 1 is 1.12 bits per heavy atom. The molecule has 1 fully saturated rings. The Balaban J connectivity index is 1.48. The van der Waals surface area contributed by atoms with Crippen molar-refractivity contribution in [3.63, 3.8) is 0 Å². The zero-order chi connectivity index (χ0) is 23.4. The largest absolute Gasteiger partial charge is 0.487 e. The van der Waals surface area contributed by atoms with E-state index in [1.54, 1.807) is 0 Å². The number of thioether (sulfide) groups is 1. The Morgan fingerprint density at radius 2 is 1.82 bits per heavy atom. The highest BCUT2D eigenvalue weighted by molar-refractivity contribution is 14.1. The van der Waals surface area contributed by atoms with Crippen LogP contribution in [0.5, 0.6) is 5.75 Å². The molecule has 0 unspecified atom stereocenters. The van der Waals surface area contributed by atoms with E-state index in [0.29, 0.717) is 21.7 Å². The van der Waals surface area contributed by atoms with Gasteiger partial charge in [0.25, 0.3) is 5.91 Å². The molecule has 33 heavy (non-hydrogen) atoms.